The minimum absolute atomic E-state index is 0.0226. The second-order valence-electron chi connectivity index (χ2n) is 9.87. The van der Waals surface area contributed by atoms with Gasteiger partial charge in [0.15, 0.2) is 0 Å². The summed E-state index contributed by atoms with van der Waals surface area (Å²) in [6, 6.07) is 7.99. The van der Waals surface area contributed by atoms with Crippen molar-refractivity contribution in [2.45, 2.75) is 71.4 Å². The van der Waals surface area contributed by atoms with Crippen molar-refractivity contribution in [2.75, 3.05) is 6.61 Å². The maximum atomic E-state index is 13.9. The van der Waals surface area contributed by atoms with Gasteiger partial charge in [0.05, 0.1) is 12.2 Å². The van der Waals surface area contributed by atoms with Crippen LogP contribution in [0.4, 0.5) is 13.2 Å². The first-order valence-electron chi connectivity index (χ1n) is 11.0. The smallest absolute Gasteiger partial charge is 0.417 e. The van der Waals surface area contributed by atoms with E-state index in [2.05, 4.69) is 33.8 Å². The standard InChI is InChI=1S/C27H31F3O2/c1-7-32-24(31)11-9-18-8-10-21(27(28,29)30)20(15-18)19-16-23-22(14-17(19)2)25(3,4)12-13-26(23,5)6/h8-11,14-16H,7,12-13H2,1-6H3. The molecule has 5 heteroatoms. The van der Waals surface area contributed by atoms with Gasteiger partial charge < -0.3 is 4.74 Å². The summed E-state index contributed by atoms with van der Waals surface area (Å²) in [6.07, 6.45) is 0.247. The van der Waals surface area contributed by atoms with Crippen LogP contribution >= 0.6 is 0 Å². The van der Waals surface area contributed by atoms with Crippen molar-refractivity contribution in [1.29, 1.82) is 0 Å². The van der Waals surface area contributed by atoms with E-state index in [0.29, 0.717) is 11.1 Å². The van der Waals surface area contributed by atoms with E-state index in [1.54, 1.807) is 6.92 Å². The number of hydrogen-bond acceptors (Lipinski definition) is 2. The first kappa shape index (κ1) is 24.1. The van der Waals surface area contributed by atoms with Crippen LogP contribution in [-0.4, -0.2) is 12.6 Å². The molecule has 0 atom stereocenters. The topological polar surface area (TPSA) is 26.3 Å². The first-order valence-corrected chi connectivity index (χ1v) is 11.0. The lowest BCUT2D eigenvalue weighted by atomic mass is 9.62. The molecule has 0 aromatic heterocycles. The summed E-state index contributed by atoms with van der Waals surface area (Å²) in [5, 5.41) is 0. The molecular weight excluding hydrogens is 413 g/mol. The molecule has 172 valence electrons. The zero-order chi connectivity index (χ0) is 23.9. The Morgan fingerprint density at radius 2 is 1.59 bits per heavy atom. The van der Waals surface area contributed by atoms with Gasteiger partial charge in [0, 0.05) is 6.08 Å². The molecule has 0 amide bonds. The van der Waals surface area contributed by atoms with E-state index in [4.69, 9.17) is 4.74 Å². The van der Waals surface area contributed by atoms with Crippen LogP contribution in [0, 0.1) is 6.92 Å². The highest BCUT2D eigenvalue weighted by atomic mass is 19.4. The third kappa shape index (κ3) is 4.77. The molecule has 0 heterocycles. The maximum Gasteiger partial charge on any atom is 0.417 e. The van der Waals surface area contributed by atoms with Crippen LogP contribution in [-0.2, 0) is 26.5 Å². The van der Waals surface area contributed by atoms with Crippen LogP contribution in [0.15, 0.2) is 36.4 Å². The SMILES string of the molecule is CCOC(=O)C=Cc1ccc(C(F)(F)F)c(-c2cc3c(cc2C)C(C)(C)CCC3(C)C)c1. The van der Waals surface area contributed by atoms with E-state index in [1.807, 2.05) is 13.0 Å². The largest absolute Gasteiger partial charge is 0.463 e. The molecule has 2 aromatic carbocycles. The molecular formula is C27H31F3O2. The molecule has 0 fully saturated rings. The average molecular weight is 445 g/mol. The molecule has 0 radical (unpaired) electrons. The number of ether oxygens (including phenoxy) is 1. The maximum absolute atomic E-state index is 13.9. The zero-order valence-corrected chi connectivity index (χ0v) is 19.6. The summed E-state index contributed by atoms with van der Waals surface area (Å²) in [4.78, 5) is 11.7. The van der Waals surface area contributed by atoms with Gasteiger partial charge in [-0.15, -0.1) is 0 Å². The first-order chi connectivity index (χ1) is 14.8. The van der Waals surface area contributed by atoms with Crippen LogP contribution in [0.3, 0.4) is 0 Å². The molecule has 0 unspecified atom stereocenters. The Hall–Kier alpha value is -2.56. The Morgan fingerprint density at radius 1 is 1.00 bits per heavy atom. The number of alkyl halides is 3. The van der Waals surface area contributed by atoms with Crippen LogP contribution in [0.5, 0.6) is 0 Å². The third-order valence-electron chi connectivity index (χ3n) is 6.54. The van der Waals surface area contributed by atoms with Crippen molar-refractivity contribution in [1.82, 2.24) is 0 Å². The highest BCUT2D eigenvalue weighted by Crippen LogP contribution is 2.48. The Labute approximate surface area is 188 Å². The van der Waals surface area contributed by atoms with E-state index in [9.17, 15) is 18.0 Å². The summed E-state index contributed by atoms with van der Waals surface area (Å²) < 4.78 is 46.7. The lowest BCUT2D eigenvalue weighted by Gasteiger charge is -2.42. The molecule has 0 bridgehead atoms. The minimum atomic E-state index is -4.49. The Bertz CT molecular complexity index is 1060. The molecule has 1 aliphatic rings. The molecule has 0 saturated heterocycles. The Balaban J connectivity index is 2.22. The van der Waals surface area contributed by atoms with Crippen molar-refractivity contribution in [2.24, 2.45) is 0 Å². The number of rotatable bonds is 4. The van der Waals surface area contributed by atoms with Gasteiger partial charge in [0.2, 0.25) is 0 Å². The minimum Gasteiger partial charge on any atom is -0.463 e. The number of hydrogen-bond donors (Lipinski definition) is 0. The number of fused-ring (bicyclic) bond motifs is 1. The fourth-order valence-corrected chi connectivity index (χ4v) is 4.50. The molecule has 2 aromatic rings. The van der Waals surface area contributed by atoms with Crippen LogP contribution < -0.4 is 0 Å². The summed E-state index contributed by atoms with van der Waals surface area (Å²) in [5.74, 6) is -0.525. The zero-order valence-electron chi connectivity index (χ0n) is 19.6. The number of aryl methyl sites for hydroxylation is 1. The molecule has 0 spiro atoms. The van der Waals surface area contributed by atoms with Crippen molar-refractivity contribution in [3.8, 4) is 11.1 Å². The van der Waals surface area contributed by atoms with Crippen LogP contribution in [0.1, 0.15) is 75.3 Å². The van der Waals surface area contributed by atoms with E-state index in [1.165, 1.54) is 29.8 Å². The Morgan fingerprint density at radius 3 is 2.16 bits per heavy atom. The van der Waals surface area contributed by atoms with Gasteiger partial charge in [-0.25, -0.2) is 4.79 Å². The fourth-order valence-electron chi connectivity index (χ4n) is 4.50. The second kappa shape index (κ2) is 8.42. The average Bonchev–Trinajstić information content (AvgIpc) is 2.69. The van der Waals surface area contributed by atoms with Gasteiger partial charge in [-0.1, -0.05) is 45.9 Å². The number of benzene rings is 2. The molecule has 0 saturated carbocycles. The Kier molecular flexibility index (Phi) is 6.34. The van der Waals surface area contributed by atoms with E-state index < -0.39 is 17.7 Å². The number of esters is 1. The van der Waals surface area contributed by atoms with E-state index in [-0.39, 0.29) is 23.0 Å². The monoisotopic (exact) mass is 444 g/mol. The number of carbonyl (C=O) groups excluding carboxylic acids is 1. The predicted molar refractivity (Wildman–Crippen MR) is 123 cm³/mol. The fraction of sp³-hybridized carbons (Fsp3) is 0.444. The number of halogens is 3. The highest BCUT2D eigenvalue weighted by molar-refractivity contribution is 5.87. The molecule has 0 aliphatic heterocycles. The number of carbonyl (C=O) groups is 1. The summed E-state index contributed by atoms with van der Waals surface area (Å²) in [5.41, 5.74) is 3.53. The van der Waals surface area contributed by atoms with Crippen LogP contribution in [0.2, 0.25) is 0 Å². The highest BCUT2D eigenvalue weighted by Gasteiger charge is 2.39. The second-order valence-corrected chi connectivity index (χ2v) is 9.87. The van der Waals surface area contributed by atoms with Crippen LogP contribution in [0.25, 0.3) is 17.2 Å². The van der Waals surface area contributed by atoms with Gasteiger partial charge in [-0.05, 0) is 89.1 Å². The lowest BCUT2D eigenvalue weighted by molar-refractivity contribution is -0.138. The summed E-state index contributed by atoms with van der Waals surface area (Å²) in [6.45, 7) is 12.5. The van der Waals surface area contributed by atoms with Crippen molar-refractivity contribution in [3.63, 3.8) is 0 Å². The third-order valence-corrected chi connectivity index (χ3v) is 6.54. The van der Waals surface area contributed by atoms with E-state index in [0.717, 1.165) is 30.0 Å². The van der Waals surface area contributed by atoms with Crippen molar-refractivity contribution < 1.29 is 22.7 Å². The van der Waals surface area contributed by atoms with Gasteiger partial charge in [-0.3, -0.25) is 0 Å². The van der Waals surface area contributed by atoms with E-state index >= 15 is 0 Å². The lowest BCUT2D eigenvalue weighted by Crippen LogP contribution is -2.34. The molecule has 1 aliphatic carbocycles. The normalized spacial score (nSPS) is 17.3. The van der Waals surface area contributed by atoms with Gasteiger partial charge in [-0.2, -0.15) is 13.2 Å². The predicted octanol–water partition coefficient (Wildman–Crippen LogP) is 7.61. The van der Waals surface area contributed by atoms with Gasteiger partial charge in [0.1, 0.15) is 0 Å². The van der Waals surface area contributed by atoms with Gasteiger partial charge >= 0.3 is 12.1 Å². The van der Waals surface area contributed by atoms with Crippen molar-refractivity contribution in [3.05, 3.63) is 64.2 Å². The molecule has 3 rings (SSSR count). The quantitative estimate of drug-likeness (QED) is 0.358. The van der Waals surface area contributed by atoms with Gasteiger partial charge in [0.25, 0.3) is 0 Å². The van der Waals surface area contributed by atoms with Crippen molar-refractivity contribution >= 4 is 12.0 Å². The molecule has 2 nitrogen and oxygen atoms in total. The summed E-state index contributed by atoms with van der Waals surface area (Å²) >= 11 is 0. The molecule has 32 heavy (non-hydrogen) atoms. The molecule has 0 N–H and O–H groups in total. The summed E-state index contributed by atoms with van der Waals surface area (Å²) in [7, 11) is 0.